The van der Waals surface area contributed by atoms with E-state index in [9.17, 15) is 32.4 Å². The second-order valence-electron chi connectivity index (χ2n) is 18.8. The highest BCUT2D eigenvalue weighted by Crippen LogP contribution is 2.88. The first-order valence-corrected chi connectivity index (χ1v) is 22.9. The molecule has 2 spiro atoms. The lowest BCUT2D eigenvalue weighted by molar-refractivity contribution is -0.142. The largest absolute Gasteiger partial charge is 0.361 e. The second-order valence-corrected chi connectivity index (χ2v) is 20.5. The molecule has 318 valence electrons. The molecular weight excluding hydrogens is 771 g/mol. The van der Waals surface area contributed by atoms with Crippen molar-refractivity contribution >= 4 is 50.6 Å². The number of aromatic nitrogens is 1. The first kappa shape index (κ1) is 41.2. The molecular formula is C44H59N7O7S. The van der Waals surface area contributed by atoms with Crippen LogP contribution < -0.4 is 20.7 Å². The van der Waals surface area contributed by atoms with Crippen LogP contribution in [0.1, 0.15) is 108 Å². The Hall–Kier alpha value is -4.50. The maximum absolute atomic E-state index is 15.0. The van der Waals surface area contributed by atoms with Gasteiger partial charge >= 0.3 is 10.2 Å². The number of aromatic amines is 1. The van der Waals surface area contributed by atoms with Crippen molar-refractivity contribution in [1.82, 2.24) is 34.9 Å². The smallest absolute Gasteiger partial charge is 0.303 e. The van der Waals surface area contributed by atoms with Gasteiger partial charge in [0.25, 0.3) is 11.8 Å². The van der Waals surface area contributed by atoms with Gasteiger partial charge in [-0.2, -0.15) is 12.7 Å². The minimum absolute atomic E-state index is 0.0442. The minimum Gasteiger partial charge on any atom is -0.361 e. The Morgan fingerprint density at radius 1 is 0.932 bits per heavy atom. The van der Waals surface area contributed by atoms with Crippen molar-refractivity contribution in [3.63, 3.8) is 0 Å². The van der Waals surface area contributed by atoms with Crippen LogP contribution in [0.4, 0.5) is 0 Å². The van der Waals surface area contributed by atoms with Gasteiger partial charge in [-0.1, -0.05) is 52.2 Å². The molecule has 4 aliphatic carbocycles. The number of likely N-dealkylation sites (tertiary alicyclic amines) is 1. The Morgan fingerprint density at radius 2 is 1.64 bits per heavy atom. The number of nitrogens with one attached hydrogen (secondary N) is 5. The monoisotopic (exact) mass is 829 g/mol. The molecule has 4 saturated carbocycles. The summed E-state index contributed by atoms with van der Waals surface area (Å²) in [6, 6.07) is 4.09. The van der Waals surface area contributed by atoms with Gasteiger partial charge in [0.15, 0.2) is 0 Å². The minimum atomic E-state index is -4.12. The van der Waals surface area contributed by atoms with Gasteiger partial charge < -0.3 is 25.8 Å². The fourth-order valence-corrected chi connectivity index (χ4v) is 13.0. The summed E-state index contributed by atoms with van der Waals surface area (Å²) in [4.78, 5) is 76.3. The Bertz CT molecular complexity index is 2200. The lowest BCUT2D eigenvalue weighted by atomic mass is 9.73. The van der Waals surface area contributed by atoms with Crippen LogP contribution in [0.3, 0.4) is 0 Å². The lowest BCUT2D eigenvalue weighted by Crippen LogP contribution is -2.60. The molecule has 1 aromatic heterocycles. The standard InChI is InChI=1S/C44H59N7O7S/c1-6-31-24-44(31,40(56)49-59(57,58)50-21-10-11-22-50)48-37(53)33-25-43(41(4,5)42(43)18-12-19-42)26-51(33)39(55)34(27(2)3)46-38(54)35(28-13-8-7-9-14-28)47-36(52)30-15-16-32-29(23-30)17-20-45-32/h6,15-17,20,23,28,31,33-35,45H,1-2,7-14,18-19,21-22,24-26H2,3-5H3,(H,46,54)(H,47,52)(H,48,53)(H,49,56)/t31-,33+,34+,35+,43-,44-/m1/s1. The van der Waals surface area contributed by atoms with Crippen molar-refractivity contribution in [2.24, 2.45) is 28.1 Å². The Kier molecular flexibility index (Phi) is 10.4. The normalized spacial score (nSPS) is 29.3. The molecule has 6 atom stereocenters. The van der Waals surface area contributed by atoms with Crippen molar-refractivity contribution in [3.05, 3.63) is 60.8 Å². The molecule has 1 aromatic carbocycles. The van der Waals surface area contributed by atoms with Gasteiger partial charge in [0.1, 0.15) is 23.7 Å². The average Bonchev–Trinajstić information content (AvgIpc) is 3.60. The zero-order chi connectivity index (χ0) is 42.1. The third-order valence-electron chi connectivity index (χ3n) is 15.6. The molecule has 14 nitrogen and oxygen atoms in total. The van der Waals surface area contributed by atoms with E-state index < -0.39 is 63.4 Å². The summed E-state index contributed by atoms with van der Waals surface area (Å²) in [6.45, 7) is 14.9. The van der Waals surface area contributed by atoms with Crippen LogP contribution in [0, 0.1) is 28.1 Å². The van der Waals surface area contributed by atoms with Gasteiger partial charge in [-0.25, -0.2) is 4.72 Å². The number of amides is 5. The van der Waals surface area contributed by atoms with E-state index in [1.807, 2.05) is 12.1 Å². The molecule has 6 aliphatic rings. The molecule has 2 aliphatic heterocycles. The van der Waals surface area contributed by atoms with Gasteiger partial charge in [-0.15, -0.1) is 6.58 Å². The number of fused-ring (bicyclic) bond motifs is 2. The number of carbonyl (C=O) groups excluding carboxylic acids is 5. The zero-order valence-electron chi connectivity index (χ0n) is 34.5. The Morgan fingerprint density at radius 3 is 2.25 bits per heavy atom. The first-order chi connectivity index (χ1) is 28.0. The fraction of sp³-hybridized carbons (Fsp3) is 0.614. The van der Waals surface area contributed by atoms with Crippen molar-refractivity contribution in [2.45, 2.75) is 121 Å². The van der Waals surface area contributed by atoms with Crippen molar-refractivity contribution in [3.8, 4) is 0 Å². The summed E-state index contributed by atoms with van der Waals surface area (Å²) in [5.74, 6) is -3.39. The van der Waals surface area contributed by atoms with Crippen LogP contribution in [-0.4, -0.2) is 95.4 Å². The topological polar surface area (TPSA) is 190 Å². The van der Waals surface area contributed by atoms with Crippen LogP contribution in [-0.2, 0) is 29.4 Å². The summed E-state index contributed by atoms with van der Waals surface area (Å²) in [7, 11) is -4.12. The van der Waals surface area contributed by atoms with Crippen LogP contribution in [0.15, 0.2) is 55.3 Å². The van der Waals surface area contributed by atoms with E-state index in [0.717, 1.165) is 62.3 Å². The summed E-state index contributed by atoms with van der Waals surface area (Å²) in [5.41, 5.74) is -0.438. The predicted octanol–water partition coefficient (Wildman–Crippen LogP) is 4.22. The van der Waals surface area contributed by atoms with Crippen molar-refractivity contribution in [2.75, 3.05) is 19.6 Å². The maximum Gasteiger partial charge on any atom is 0.303 e. The van der Waals surface area contributed by atoms with E-state index >= 15 is 0 Å². The van der Waals surface area contributed by atoms with Crippen LogP contribution in [0.5, 0.6) is 0 Å². The molecule has 3 heterocycles. The lowest BCUT2D eigenvalue weighted by Gasteiger charge is -2.34. The molecule has 5 N–H and O–H groups in total. The highest BCUT2D eigenvalue weighted by molar-refractivity contribution is 7.87. The van der Waals surface area contributed by atoms with Crippen LogP contribution in [0.2, 0.25) is 0 Å². The highest BCUT2D eigenvalue weighted by Gasteiger charge is 2.85. The van der Waals surface area contributed by atoms with Gasteiger partial charge in [-0.3, -0.25) is 24.0 Å². The number of hydrogen-bond donors (Lipinski definition) is 5. The Balaban J connectivity index is 1.05. The number of H-pyrrole nitrogens is 1. The molecule has 2 aromatic rings. The SMILES string of the molecule is C=C[C@@H]1C[C@]1(NC(=O)[C@@H]1C[C@@]2(CN1C(=O)[C@@H](NC(=O)[C@@H](NC(=O)c1ccc3[nH]ccc3c1)C1CCCCC1)C(=C)C)C(C)(C)C21CCC1)C(=O)NS(=O)(=O)N1CCCC1. The molecule has 59 heavy (non-hydrogen) atoms. The molecule has 5 amide bonds. The maximum atomic E-state index is 15.0. The van der Waals surface area contributed by atoms with Crippen LogP contribution in [0.25, 0.3) is 10.9 Å². The molecule has 0 radical (unpaired) electrons. The number of carbonyl (C=O) groups is 5. The summed E-state index contributed by atoms with van der Waals surface area (Å²) >= 11 is 0. The summed E-state index contributed by atoms with van der Waals surface area (Å²) in [6.07, 6.45) is 12.7. The Labute approximate surface area is 346 Å². The van der Waals surface area contributed by atoms with E-state index in [2.05, 4.69) is 52.7 Å². The first-order valence-electron chi connectivity index (χ1n) is 21.4. The van der Waals surface area contributed by atoms with Gasteiger partial charge in [0.2, 0.25) is 17.7 Å². The molecule has 8 rings (SSSR count). The van der Waals surface area contributed by atoms with Crippen molar-refractivity contribution in [1.29, 1.82) is 0 Å². The number of nitrogens with zero attached hydrogens (tertiary/aromatic N) is 2. The molecule has 6 fully saturated rings. The van der Waals surface area contributed by atoms with Gasteiger partial charge in [-0.05, 0) is 105 Å². The van der Waals surface area contributed by atoms with E-state index in [1.165, 1.54) is 4.31 Å². The van der Waals surface area contributed by atoms with Crippen LogP contribution >= 0.6 is 0 Å². The van der Waals surface area contributed by atoms with Crippen molar-refractivity contribution < 1.29 is 32.4 Å². The average molecular weight is 830 g/mol. The summed E-state index contributed by atoms with van der Waals surface area (Å²) in [5, 5.41) is 9.77. The van der Waals surface area contributed by atoms with E-state index in [4.69, 9.17) is 0 Å². The summed E-state index contributed by atoms with van der Waals surface area (Å²) < 4.78 is 29.8. The van der Waals surface area contributed by atoms with E-state index in [1.54, 1.807) is 36.2 Å². The van der Waals surface area contributed by atoms with Gasteiger partial charge in [0.05, 0.1) is 0 Å². The second kappa shape index (κ2) is 14.9. The third-order valence-corrected chi connectivity index (χ3v) is 17.1. The predicted molar refractivity (Wildman–Crippen MR) is 223 cm³/mol. The van der Waals surface area contributed by atoms with Gasteiger partial charge in [0, 0.05) is 53.6 Å². The fourth-order valence-electron chi connectivity index (χ4n) is 11.7. The number of benzene rings is 1. The quantitative estimate of drug-likeness (QED) is 0.187. The molecule has 15 heteroatoms. The third kappa shape index (κ3) is 6.70. The number of hydrogen-bond acceptors (Lipinski definition) is 7. The molecule has 0 bridgehead atoms. The zero-order valence-corrected chi connectivity index (χ0v) is 35.3. The van der Waals surface area contributed by atoms with E-state index in [-0.39, 0.29) is 41.0 Å². The molecule has 2 saturated heterocycles. The molecule has 0 unspecified atom stereocenters. The number of rotatable bonds is 13. The highest BCUT2D eigenvalue weighted by atomic mass is 32.2. The van der Waals surface area contributed by atoms with E-state index in [0.29, 0.717) is 43.5 Å².